The Bertz CT molecular complexity index is 312. The lowest BCUT2D eigenvalue weighted by atomic mass is 10.2. The number of ether oxygens (including phenoxy) is 1. The molecular weight excluding hydrogens is 181 g/mol. The number of halogens is 1. The van der Waals surface area contributed by atoms with Gasteiger partial charge in [0.25, 0.3) is 0 Å². The second-order valence-electron chi connectivity index (χ2n) is 2.88. The van der Waals surface area contributed by atoms with Crippen LogP contribution in [0.3, 0.4) is 0 Å². The molecule has 2 nitrogen and oxygen atoms in total. The van der Waals surface area contributed by atoms with Crippen LogP contribution in [-0.2, 0) is 6.54 Å². The van der Waals surface area contributed by atoms with Crippen LogP contribution in [-0.4, -0.2) is 13.7 Å². The summed E-state index contributed by atoms with van der Waals surface area (Å²) in [5, 5.41) is 2.96. The summed E-state index contributed by atoms with van der Waals surface area (Å²) in [6.07, 6.45) is 1.66. The first-order chi connectivity index (χ1) is 6.77. The molecule has 0 heterocycles. The fourth-order valence-electron chi connectivity index (χ4n) is 1.17. The van der Waals surface area contributed by atoms with Crippen molar-refractivity contribution in [3.05, 3.63) is 42.2 Å². The van der Waals surface area contributed by atoms with E-state index in [4.69, 9.17) is 4.74 Å². The van der Waals surface area contributed by atoms with E-state index in [2.05, 4.69) is 11.9 Å². The van der Waals surface area contributed by atoms with Gasteiger partial charge in [-0.1, -0.05) is 12.7 Å². The number of nitrogens with one attached hydrogen (secondary N) is 1. The van der Waals surface area contributed by atoms with Gasteiger partial charge >= 0.3 is 0 Å². The van der Waals surface area contributed by atoms with Crippen molar-refractivity contribution in [2.24, 2.45) is 0 Å². The van der Waals surface area contributed by atoms with Crippen LogP contribution in [0.4, 0.5) is 4.39 Å². The minimum atomic E-state index is -0.249. The van der Waals surface area contributed by atoms with E-state index >= 15 is 0 Å². The SMILES string of the molecule is C=CCOc1ccc(F)cc1CNC. The van der Waals surface area contributed by atoms with Crippen molar-refractivity contribution in [1.82, 2.24) is 5.32 Å². The Morgan fingerprint density at radius 1 is 1.57 bits per heavy atom. The van der Waals surface area contributed by atoms with E-state index in [1.54, 1.807) is 12.1 Å². The molecule has 76 valence electrons. The molecule has 0 aliphatic rings. The molecule has 1 aromatic carbocycles. The van der Waals surface area contributed by atoms with Gasteiger partial charge in [0.15, 0.2) is 0 Å². The third-order valence-electron chi connectivity index (χ3n) is 1.75. The van der Waals surface area contributed by atoms with E-state index in [9.17, 15) is 4.39 Å². The van der Waals surface area contributed by atoms with E-state index in [-0.39, 0.29) is 5.82 Å². The largest absolute Gasteiger partial charge is 0.489 e. The lowest BCUT2D eigenvalue weighted by Gasteiger charge is -2.09. The zero-order valence-electron chi connectivity index (χ0n) is 8.22. The predicted molar refractivity (Wildman–Crippen MR) is 54.9 cm³/mol. The summed E-state index contributed by atoms with van der Waals surface area (Å²) in [5.74, 6) is 0.446. The number of hydrogen-bond donors (Lipinski definition) is 1. The number of benzene rings is 1. The summed E-state index contributed by atoms with van der Waals surface area (Å²) in [6, 6.07) is 4.48. The Hall–Kier alpha value is -1.35. The molecule has 1 aromatic rings. The van der Waals surface area contributed by atoms with Crippen molar-refractivity contribution in [2.45, 2.75) is 6.54 Å². The van der Waals surface area contributed by atoms with Gasteiger partial charge in [0, 0.05) is 12.1 Å². The van der Waals surface area contributed by atoms with Gasteiger partial charge in [0.05, 0.1) is 0 Å². The van der Waals surface area contributed by atoms with Crippen LogP contribution < -0.4 is 10.1 Å². The molecule has 3 heteroatoms. The first-order valence-electron chi connectivity index (χ1n) is 4.44. The zero-order chi connectivity index (χ0) is 10.4. The van der Waals surface area contributed by atoms with Crippen LogP contribution in [0.15, 0.2) is 30.9 Å². The molecule has 0 amide bonds. The fraction of sp³-hybridized carbons (Fsp3) is 0.273. The van der Waals surface area contributed by atoms with E-state index in [1.807, 2.05) is 7.05 Å². The molecule has 0 aromatic heterocycles. The zero-order valence-corrected chi connectivity index (χ0v) is 8.22. The van der Waals surface area contributed by atoms with Crippen molar-refractivity contribution in [1.29, 1.82) is 0 Å². The monoisotopic (exact) mass is 195 g/mol. The maximum absolute atomic E-state index is 12.9. The highest BCUT2D eigenvalue weighted by Gasteiger charge is 2.03. The van der Waals surface area contributed by atoms with E-state index in [0.29, 0.717) is 18.9 Å². The van der Waals surface area contributed by atoms with E-state index in [0.717, 1.165) is 5.56 Å². The van der Waals surface area contributed by atoms with Crippen LogP contribution in [0.5, 0.6) is 5.75 Å². The van der Waals surface area contributed by atoms with E-state index < -0.39 is 0 Å². The Morgan fingerprint density at radius 2 is 2.36 bits per heavy atom. The first kappa shape index (κ1) is 10.7. The van der Waals surface area contributed by atoms with Crippen LogP contribution >= 0.6 is 0 Å². The summed E-state index contributed by atoms with van der Waals surface area (Å²) in [5.41, 5.74) is 0.814. The minimum absolute atomic E-state index is 0.249. The molecule has 0 spiro atoms. The molecule has 0 aliphatic carbocycles. The van der Waals surface area contributed by atoms with Crippen molar-refractivity contribution in [3.8, 4) is 5.75 Å². The number of hydrogen-bond acceptors (Lipinski definition) is 2. The highest BCUT2D eigenvalue weighted by Crippen LogP contribution is 2.19. The quantitative estimate of drug-likeness (QED) is 0.726. The average Bonchev–Trinajstić information content (AvgIpc) is 2.17. The van der Waals surface area contributed by atoms with Gasteiger partial charge < -0.3 is 10.1 Å². The van der Waals surface area contributed by atoms with E-state index in [1.165, 1.54) is 12.1 Å². The fourth-order valence-corrected chi connectivity index (χ4v) is 1.17. The third-order valence-corrected chi connectivity index (χ3v) is 1.75. The lowest BCUT2D eigenvalue weighted by molar-refractivity contribution is 0.357. The smallest absolute Gasteiger partial charge is 0.124 e. The molecule has 0 fully saturated rings. The van der Waals surface area contributed by atoms with Crippen molar-refractivity contribution < 1.29 is 9.13 Å². The second-order valence-corrected chi connectivity index (χ2v) is 2.88. The average molecular weight is 195 g/mol. The van der Waals surface area contributed by atoms with Gasteiger partial charge in [0.2, 0.25) is 0 Å². The second kappa shape index (κ2) is 5.40. The molecular formula is C11H14FNO. The first-order valence-corrected chi connectivity index (χ1v) is 4.44. The van der Waals surface area contributed by atoms with Crippen LogP contribution in [0.2, 0.25) is 0 Å². The Kier molecular flexibility index (Phi) is 4.13. The van der Waals surface area contributed by atoms with Gasteiger partial charge in [-0.05, 0) is 25.2 Å². The normalized spacial score (nSPS) is 9.86. The predicted octanol–water partition coefficient (Wildman–Crippen LogP) is 2.11. The highest BCUT2D eigenvalue weighted by atomic mass is 19.1. The minimum Gasteiger partial charge on any atom is -0.489 e. The molecule has 0 bridgehead atoms. The molecule has 0 unspecified atom stereocenters. The van der Waals surface area contributed by atoms with Gasteiger partial charge in [0.1, 0.15) is 18.2 Å². The van der Waals surface area contributed by atoms with Crippen LogP contribution in [0.25, 0.3) is 0 Å². The molecule has 0 saturated heterocycles. The summed E-state index contributed by atoms with van der Waals surface area (Å²) in [6.45, 7) is 4.57. The van der Waals surface area contributed by atoms with Crippen LogP contribution in [0, 0.1) is 5.82 Å². The molecule has 0 saturated carbocycles. The molecule has 1 N–H and O–H groups in total. The standard InChI is InChI=1S/C11H14FNO/c1-3-6-14-11-5-4-10(12)7-9(11)8-13-2/h3-5,7,13H,1,6,8H2,2H3. The highest BCUT2D eigenvalue weighted by molar-refractivity contribution is 5.34. The summed E-state index contributed by atoms with van der Waals surface area (Å²) in [4.78, 5) is 0. The van der Waals surface area contributed by atoms with Gasteiger partial charge in [-0.2, -0.15) is 0 Å². The van der Waals surface area contributed by atoms with Crippen molar-refractivity contribution in [3.63, 3.8) is 0 Å². The molecule has 0 atom stereocenters. The maximum atomic E-state index is 12.9. The summed E-state index contributed by atoms with van der Waals surface area (Å²) in [7, 11) is 1.81. The van der Waals surface area contributed by atoms with Crippen molar-refractivity contribution >= 4 is 0 Å². The maximum Gasteiger partial charge on any atom is 0.124 e. The summed E-state index contributed by atoms with van der Waals surface area (Å²) >= 11 is 0. The Labute approximate surface area is 83.4 Å². The number of rotatable bonds is 5. The lowest BCUT2D eigenvalue weighted by Crippen LogP contribution is -2.08. The Balaban J connectivity index is 2.83. The van der Waals surface area contributed by atoms with Gasteiger partial charge in [-0.15, -0.1) is 0 Å². The third kappa shape index (κ3) is 2.85. The van der Waals surface area contributed by atoms with Crippen LogP contribution in [0.1, 0.15) is 5.56 Å². The summed E-state index contributed by atoms with van der Waals surface area (Å²) < 4.78 is 18.3. The van der Waals surface area contributed by atoms with Gasteiger partial charge in [-0.3, -0.25) is 0 Å². The molecule has 0 radical (unpaired) electrons. The van der Waals surface area contributed by atoms with Crippen molar-refractivity contribution in [2.75, 3.05) is 13.7 Å². The topological polar surface area (TPSA) is 21.3 Å². The van der Waals surface area contributed by atoms with Gasteiger partial charge in [-0.25, -0.2) is 4.39 Å². The molecule has 1 rings (SSSR count). The molecule has 0 aliphatic heterocycles. The molecule has 14 heavy (non-hydrogen) atoms. The Morgan fingerprint density at radius 3 is 3.00 bits per heavy atom.